The van der Waals surface area contributed by atoms with Gasteiger partial charge in [-0.25, -0.2) is 4.79 Å². The van der Waals surface area contributed by atoms with Crippen molar-refractivity contribution in [1.29, 1.82) is 0 Å². The van der Waals surface area contributed by atoms with Crippen LogP contribution in [0.4, 0.5) is 5.69 Å². The zero-order chi connectivity index (χ0) is 13.8. The molecule has 0 fully saturated rings. The highest BCUT2D eigenvalue weighted by atomic mass is 16.5. The van der Waals surface area contributed by atoms with E-state index in [0.29, 0.717) is 11.5 Å². The highest BCUT2D eigenvalue weighted by Gasteiger charge is 2.16. The molecular weight excluding hydrogens is 246 g/mol. The summed E-state index contributed by atoms with van der Waals surface area (Å²) in [4.78, 5) is 11.2. The number of methoxy groups -OCH3 is 1. The number of anilines is 1. The molecular formula is C14H13NO4. The number of carboxylic acid groups (broad SMARTS) is 1. The first-order chi connectivity index (χ1) is 9.13. The third kappa shape index (κ3) is 2.60. The number of ether oxygens (including phenoxy) is 2. The number of hydrogen-bond acceptors (Lipinski definition) is 4. The molecule has 0 atom stereocenters. The van der Waals surface area contributed by atoms with E-state index in [-0.39, 0.29) is 17.0 Å². The number of benzene rings is 2. The second-order valence-corrected chi connectivity index (χ2v) is 3.78. The second kappa shape index (κ2) is 5.30. The van der Waals surface area contributed by atoms with Gasteiger partial charge in [0.1, 0.15) is 5.56 Å². The Morgan fingerprint density at radius 1 is 1.11 bits per heavy atom. The number of para-hydroxylation sites is 3. The van der Waals surface area contributed by atoms with E-state index in [9.17, 15) is 4.79 Å². The van der Waals surface area contributed by atoms with E-state index < -0.39 is 5.97 Å². The third-order valence-corrected chi connectivity index (χ3v) is 2.56. The summed E-state index contributed by atoms with van der Waals surface area (Å²) < 4.78 is 10.7. The lowest BCUT2D eigenvalue weighted by Gasteiger charge is -2.13. The SMILES string of the molecule is COc1ccccc1Oc1c(N)cccc1C(=O)O. The standard InChI is InChI=1S/C14H13NO4/c1-18-11-7-2-3-8-12(11)19-13-9(14(16)17)5-4-6-10(13)15/h2-8H,15H2,1H3,(H,16,17). The van der Waals surface area contributed by atoms with Crippen LogP contribution in [0.5, 0.6) is 17.2 Å². The summed E-state index contributed by atoms with van der Waals surface area (Å²) >= 11 is 0. The van der Waals surface area contributed by atoms with Crippen LogP contribution in [0.1, 0.15) is 10.4 Å². The van der Waals surface area contributed by atoms with Gasteiger partial charge >= 0.3 is 5.97 Å². The Kier molecular flexibility index (Phi) is 3.56. The van der Waals surface area contributed by atoms with Crippen LogP contribution in [-0.4, -0.2) is 18.2 Å². The summed E-state index contributed by atoms with van der Waals surface area (Å²) in [6.07, 6.45) is 0. The van der Waals surface area contributed by atoms with Crippen molar-refractivity contribution in [2.45, 2.75) is 0 Å². The van der Waals surface area contributed by atoms with Crippen molar-refractivity contribution in [3.8, 4) is 17.2 Å². The number of hydrogen-bond donors (Lipinski definition) is 2. The molecule has 5 heteroatoms. The lowest BCUT2D eigenvalue weighted by molar-refractivity contribution is 0.0694. The fraction of sp³-hybridized carbons (Fsp3) is 0.0714. The molecule has 0 aliphatic heterocycles. The number of rotatable bonds is 4. The van der Waals surface area contributed by atoms with Crippen LogP contribution in [-0.2, 0) is 0 Å². The van der Waals surface area contributed by atoms with E-state index in [0.717, 1.165) is 0 Å². The van der Waals surface area contributed by atoms with Crippen LogP contribution in [0, 0.1) is 0 Å². The fourth-order valence-electron chi connectivity index (χ4n) is 1.65. The van der Waals surface area contributed by atoms with Crippen molar-refractivity contribution in [2.75, 3.05) is 12.8 Å². The molecule has 98 valence electrons. The molecule has 0 unspecified atom stereocenters. The minimum absolute atomic E-state index is 0.00547. The molecule has 0 radical (unpaired) electrons. The van der Waals surface area contributed by atoms with Crippen molar-refractivity contribution >= 4 is 11.7 Å². The Labute approximate surface area is 110 Å². The van der Waals surface area contributed by atoms with E-state index in [1.54, 1.807) is 36.4 Å². The molecule has 0 spiro atoms. The maximum atomic E-state index is 11.2. The van der Waals surface area contributed by atoms with Crippen LogP contribution in [0.15, 0.2) is 42.5 Å². The van der Waals surface area contributed by atoms with E-state index in [1.807, 2.05) is 0 Å². The fourth-order valence-corrected chi connectivity index (χ4v) is 1.65. The van der Waals surface area contributed by atoms with Crippen LogP contribution in [0.25, 0.3) is 0 Å². The van der Waals surface area contributed by atoms with Crippen molar-refractivity contribution in [2.24, 2.45) is 0 Å². The first-order valence-corrected chi connectivity index (χ1v) is 5.56. The molecule has 0 amide bonds. The first kappa shape index (κ1) is 12.8. The molecule has 2 aromatic rings. The monoisotopic (exact) mass is 259 g/mol. The summed E-state index contributed by atoms with van der Waals surface area (Å²) in [5, 5.41) is 9.13. The van der Waals surface area contributed by atoms with E-state index in [4.69, 9.17) is 20.3 Å². The molecule has 0 bridgehead atoms. The molecule has 0 saturated heterocycles. The molecule has 0 aromatic heterocycles. The van der Waals surface area contributed by atoms with Crippen LogP contribution >= 0.6 is 0 Å². The molecule has 19 heavy (non-hydrogen) atoms. The third-order valence-electron chi connectivity index (χ3n) is 2.56. The number of carboxylic acids is 1. The van der Waals surface area contributed by atoms with Crippen LogP contribution < -0.4 is 15.2 Å². The van der Waals surface area contributed by atoms with Gasteiger partial charge in [0, 0.05) is 0 Å². The van der Waals surface area contributed by atoms with Gasteiger partial charge in [-0.2, -0.15) is 0 Å². The normalized spacial score (nSPS) is 9.95. The smallest absolute Gasteiger partial charge is 0.339 e. The van der Waals surface area contributed by atoms with Crippen LogP contribution in [0.2, 0.25) is 0 Å². The van der Waals surface area contributed by atoms with Gasteiger partial charge in [-0.3, -0.25) is 0 Å². The Balaban J connectivity index is 2.46. The molecule has 0 aliphatic rings. The van der Waals surface area contributed by atoms with E-state index in [1.165, 1.54) is 13.2 Å². The number of aromatic carboxylic acids is 1. The van der Waals surface area contributed by atoms with Gasteiger partial charge in [-0.15, -0.1) is 0 Å². The zero-order valence-corrected chi connectivity index (χ0v) is 10.3. The summed E-state index contributed by atoms with van der Waals surface area (Å²) in [7, 11) is 1.51. The van der Waals surface area contributed by atoms with E-state index in [2.05, 4.69) is 0 Å². The molecule has 0 saturated carbocycles. The molecule has 2 rings (SSSR count). The van der Waals surface area contributed by atoms with Gasteiger partial charge < -0.3 is 20.3 Å². The predicted molar refractivity (Wildman–Crippen MR) is 70.9 cm³/mol. The molecule has 5 nitrogen and oxygen atoms in total. The zero-order valence-electron chi connectivity index (χ0n) is 10.3. The lowest BCUT2D eigenvalue weighted by Crippen LogP contribution is -2.03. The van der Waals surface area contributed by atoms with Crippen molar-refractivity contribution < 1.29 is 19.4 Å². The predicted octanol–water partition coefficient (Wildman–Crippen LogP) is 2.77. The largest absolute Gasteiger partial charge is 0.493 e. The number of nitrogens with two attached hydrogens (primary N) is 1. The van der Waals surface area contributed by atoms with Crippen LogP contribution in [0.3, 0.4) is 0 Å². The first-order valence-electron chi connectivity index (χ1n) is 5.56. The average Bonchev–Trinajstić information content (AvgIpc) is 2.41. The minimum atomic E-state index is -1.10. The highest BCUT2D eigenvalue weighted by molar-refractivity contribution is 5.93. The Morgan fingerprint density at radius 3 is 2.42 bits per heavy atom. The quantitative estimate of drug-likeness (QED) is 0.825. The van der Waals surface area contributed by atoms with Crippen molar-refractivity contribution in [3.05, 3.63) is 48.0 Å². The van der Waals surface area contributed by atoms with E-state index >= 15 is 0 Å². The Morgan fingerprint density at radius 2 is 1.79 bits per heavy atom. The van der Waals surface area contributed by atoms with Gasteiger partial charge in [0.05, 0.1) is 12.8 Å². The maximum absolute atomic E-state index is 11.2. The summed E-state index contributed by atoms with van der Waals surface area (Å²) in [6, 6.07) is 11.5. The van der Waals surface area contributed by atoms with Gasteiger partial charge in [0.15, 0.2) is 17.2 Å². The molecule has 0 heterocycles. The molecule has 3 N–H and O–H groups in total. The van der Waals surface area contributed by atoms with Crippen molar-refractivity contribution in [1.82, 2.24) is 0 Å². The number of nitrogen functional groups attached to an aromatic ring is 1. The van der Waals surface area contributed by atoms with Gasteiger partial charge in [-0.1, -0.05) is 18.2 Å². The Hall–Kier alpha value is -2.69. The molecule has 0 aliphatic carbocycles. The van der Waals surface area contributed by atoms with Gasteiger partial charge in [0.25, 0.3) is 0 Å². The van der Waals surface area contributed by atoms with Crippen molar-refractivity contribution in [3.63, 3.8) is 0 Å². The topological polar surface area (TPSA) is 81.8 Å². The Bertz CT molecular complexity index is 610. The van der Waals surface area contributed by atoms with Gasteiger partial charge in [0.2, 0.25) is 0 Å². The summed E-state index contributed by atoms with van der Waals surface area (Å²) in [5.74, 6) is -0.0795. The lowest BCUT2D eigenvalue weighted by atomic mass is 10.1. The molecule has 2 aromatic carbocycles. The maximum Gasteiger partial charge on any atom is 0.339 e. The minimum Gasteiger partial charge on any atom is -0.493 e. The second-order valence-electron chi connectivity index (χ2n) is 3.78. The average molecular weight is 259 g/mol. The summed E-state index contributed by atoms with van der Waals surface area (Å²) in [6.45, 7) is 0. The van der Waals surface area contributed by atoms with Gasteiger partial charge in [-0.05, 0) is 24.3 Å². The summed E-state index contributed by atoms with van der Waals surface area (Å²) in [5.41, 5.74) is 6.03. The number of carbonyl (C=O) groups is 1. The highest BCUT2D eigenvalue weighted by Crippen LogP contribution is 2.36.